The second-order valence-electron chi connectivity index (χ2n) is 10.6. The van der Waals surface area contributed by atoms with Crippen molar-refractivity contribution in [2.24, 2.45) is 0 Å². The van der Waals surface area contributed by atoms with E-state index in [-0.39, 0.29) is 12.2 Å². The molecule has 0 N–H and O–H groups in total. The number of rotatable bonds is 8. The Morgan fingerprint density at radius 1 is 0.564 bits per heavy atom. The van der Waals surface area contributed by atoms with Gasteiger partial charge in [0.05, 0.1) is 18.6 Å². The molecular weight excluding hydrogens is 484 g/mol. The number of hydrogen-bond acceptors (Lipinski definition) is 4. The van der Waals surface area contributed by atoms with E-state index in [1.807, 2.05) is 0 Å². The Bertz CT molecular complexity index is 1600. The molecule has 0 spiro atoms. The highest BCUT2D eigenvalue weighted by Crippen LogP contribution is 2.57. The van der Waals surface area contributed by atoms with Gasteiger partial charge in [0, 0.05) is 0 Å². The van der Waals surface area contributed by atoms with E-state index >= 15 is 0 Å². The minimum absolute atomic E-state index is 0.227. The quantitative estimate of drug-likeness (QED) is 0.211. The summed E-state index contributed by atoms with van der Waals surface area (Å²) in [5, 5.41) is 2.49. The molecule has 8 rings (SSSR count). The fourth-order valence-electron chi connectivity index (χ4n) is 6.06. The molecule has 39 heavy (non-hydrogen) atoms. The van der Waals surface area contributed by atoms with Crippen molar-refractivity contribution in [3.63, 3.8) is 0 Å². The van der Waals surface area contributed by atoms with Gasteiger partial charge in [0.25, 0.3) is 0 Å². The largest absolute Gasteiger partial charge is 0.491 e. The summed E-state index contributed by atoms with van der Waals surface area (Å²) in [5.74, 6) is 1.72. The topological polar surface area (TPSA) is 43.5 Å². The molecule has 2 aliphatic heterocycles. The SMILES string of the molecule is c1ccc2c(c1)-c1cc3ccccc3cc1C2(c1ccc(OCC2CO2)cc1)c1ccc(OCC2CO2)cc1. The average molecular weight is 513 g/mol. The maximum absolute atomic E-state index is 6.00. The van der Waals surface area contributed by atoms with E-state index in [1.165, 1.54) is 44.2 Å². The Balaban J connectivity index is 1.32. The van der Waals surface area contributed by atoms with Crippen LogP contribution in [0.2, 0.25) is 0 Å². The van der Waals surface area contributed by atoms with Crippen LogP contribution in [0, 0.1) is 0 Å². The van der Waals surface area contributed by atoms with Gasteiger partial charge in [-0.15, -0.1) is 0 Å². The first-order valence-corrected chi connectivity index (χ1v) is 13.6. The molecule has 4 nitrogen and oxygen atoms in total. The first-order valence-electron chi connectivity index (χ1n) is 13.6. The van der Waals surface area contributed by atoms with Gasteiger partial charge in [0.2, 0.25) is 0 Å². The monoisotopic (exact) mass is 512 g/mol. The highest BCUT2D eigenvalue weighted by Gasteiger charge is 2.46. The lowest BCUT2D eigenvalue weighted by molar-refractivity contribution is 0.263. The Kier molecular flexibility index (Phi) is 5.25. The van der Waals surface area contributed by atoms with Crippen LogP contribution in [-0.2, 0) is 14.9 Å². The van der Waals surface area contributed by atoms with E-state index in [2.05, 4.69) is 109 Å². The second-order valence-corrected chi connectivity index (χ2v) is 10.6. The third kappa shape index (κ3) is 3.91. The molecule has 2 saturated heterocycles. The summed E-state index contributed by atoms with van der Waals surface area (Å²) in [4.78, 5) is 0. The predicted molar refractivity (Wildman–Crippen MR) is 152 cm³/mol. The maximum atomic E-state index is 6.00. The van der Waals surface area contributed by atoms with Crippen LogP contribution < -0.4 is 9.47 Å². The van der Waals surface area contributed by atoms with Gasteiger partial charge in [-0.1, -0.05) is 72.8 Å². The van der Waals surface area contributed by atoms with Crippen LogP contribution in [-0.4, -0.2) is 38.6 Å². The van der Waals surface area contributed by atoms with Crippen LogP contribution in [0.25, 0.3) is 21.9 Å². The normalized spacial score (nSPS) is 22.3. The molecule has 0 saturated carbocycles. The van der Waals surface area contributed by atoms with Crippen molar-refractivity contribution in [2.45, 2.75) is 17.6 Å². The minimum atomic E-state index is -0.480. The van der Waals surface area contributed by atoms with E-state index in [4.69, 9.17) is 18.9 Å². The molecule has 0 radical (unpaired) electrons. The molecule has 3 aliphatic rings. The van der Waals surface area contributed by atoms with Crippen LogP contribution in [0.15, 0.2) is 109 Å². The molecule has 5 aromatic rings. The molecule has 0 aromatic heterocycles. The summed E-state index contributed by atoms with van der Waals surface area (Å²) in [6, 6.07) is 39.4. The summed E-state index contributed by atoms with van der Waals surface area (Å²) in [7, 11) is 0. The molecule has 0 amide bonds. The molecule has 1 aliphatic carbocycles. The third-order valence-corrected chi connectivity index (χ3v) is 8.16. The Labute approximate surface area is 227 Å². The smallest absolute Gasteiger partial charge is 0.119 e. The van der Waals surface area contributed by atoms with Gasteiger partial charge in [-0.2, -0.15) is 0 Å². The van der Waals surface area contributed by atoms with Crippen molar-refractivity contribution in [3.8, 4) is 22.6 Å². The molecule has 2 heterocycles. The number of hydrogen-bond donors (Lipinski definition) is 0. The van der Waals surface area contributed by atoms with Gasteiger partial charge in [-0.25, -0.2) is 0 Å². The summed E-state index contributed by atoms with van der Waals surface area (Å²) < 4.78 is 22.6. The highest BCUT2D eigenvalue weighted by molar-refractivity contribution is 5.95. The molecule has 192 valence electrons. The van der Waals surface area contributed by atoms with E-state index in [9.17, 15) is 0 Å². The number of ether oxygens (including phenoxy) is 4. The van der Waals surface area contributed by atoms with Crippen LogP contribution in [0.4, 0.5) is 0 Å². The number of epoxide rings is 2. The molecule has 2 unspecified atom stereocenters. The van der Waals surface area contributed by atoms with E-state index in [1.54, 1.807) is 0 Å². The molecule has 2 fully saturated rings. The van der Waals surface area contributed by atoms with Crippen molar-refractivity contribution in [1.29, 1.82) is 0 Å². The molecule has 2 atom stereocenters. The fraction of sp³-hybridized carbons (Fsp3) is 0.200. The first kappa shape index (κ1) is 22.8. The zero-order chi connectivity index (χ0) is 25.8. The van der Waals surface area contributed by atoms with Crippen molar-refractivity contribution >= 4 is 10.8 Å². The Hall–Kier alpha value is -4.12. The lowest BCUT2D eigenvalue weighted by Gasteiger charge is -2.34. The lowest BCUT2D eigenvalue weighted by atomic mass is 9.67. The van der Waals surface area contributed by atoms with Crippen molar-refractivity contribution in [3.05, 3.63) is 131 Å². The third-order valence-electron chi connectivity index (χ3n) is 8.16. The summed E-state index contributed by atoms with van der Waals surface area (Å²) in [6.07, 6.45) is 0.454. The Morgan fingerprint density at radius 3 is 1.64 bits per heavy atom. The summed E-state index contributed by atoms with van der Waals surface area (Å²) >= 11 is 0. The van der Waals surface area contributed by atoms with Crippen LogP contribution in [0.3, 0.4) is 0 Å². The van der Waals surface area contributed by atoms with Gasteiger partial charge >= 0.3 is 0 Å². The average Bonchev–Trinajstić information content (AvgIpc) is 3.93. The van der Waals surface area contributed by atoms with Crippen LogP contribution in [0.1, 0.15) is 22.3 Å². The fourth-order valence-corrected chi connectivity index (χ4v) is 6.06. The maximum Gasteiger partial charge on any atom is 0.119 e. The standard InChI is InChI=1S/C35H28O4/c1-2-6-24-18-34-32(17-23(24)5-1)31-7-3-4-8-33(31)35(34,25-9-13-27(14-10-25)36-19-29-21-38-29)26-11-15-28(16-12-26)37-20-30-22-39-30/h1-18,29-30H,19-22H2. The summed E-state index contributed by atoms with van der Waals surface area (Å²) in [5.41, 5.74) is 7.07. The molecular formula is C35H28O4. The number of benzene rings is 5. The van der Waals surface area contributed by atoms with E-state index in [0.29, 0.717) is 13.2 Å². The van der Waals surface area contributed by atoms with Crippen molar-refractivity contribution < 1.29 is 18.9 Å². The van der Waals surface area contributed by atoms with Gasteiger partial charge in [-0.05, 0) is 80.6 Å². The zero-order valence-electron chi connectivity index (χ0n) is 21.5. The zero-order valence-corrected chi connectivity index (χ0v) is 21.5. The predicted octanol–water partition coefficient (Wildman–Crippen LogP) is 6.76. The van der Waals surface area contributed by atoms with Crippen LogP contribution >= 0.6 is 0 Å². The minimum Gasteiger partial charge on any atom is -0.491 e. The van der Waals surface area contributed by atoms with Gasteiger partial charge < -0.3 is 18.9 Å². The molecule has 0 bridgehead atoms. The number of fused-ring (bicyclic) bond motifs is 4. The van der Waals surface area contributed by atoms with E-state index in [0.717, 1.165) is 24.7 Å². The lowest BCUT2D eigenvalue weighted by Crippen LogP contribution is -2.28. The van der Waals surface area contributed by atoms with Gasteiger partial charge in [-0.3, -0.25) is 0 Å². The van der Waals surface area contributed by atoms with Gasteiger partial charge in [0.1, 0.15) is 36.9 Å². The molecule has 4 heteroatoms. The van der Waals surface area contributed by atoms with Crippen molar-refractivity contribution in [2.75, 3.05) is 26.4 Å². The molecule has 5 aromatic carbocycles. The highest BCUT2D eigenvalue weighted by atomic mass is 16.6. The Morgan fingerprint density at radius 2 is 1.08 bits per heavy atom. The van der Waals surface area contributed by atoms with E-state index < -0.39 is 5.41 Å². The second kappa shape index (κ2) is 8.98. The van der Waals surface area contributed by atoms with Crippen LogP contribution in [0.5, 0.6) is 11.5 Å². The van der Waals surface area contributed by atoms with Gasteiger partial charge in [0.15, 0.2) is 0 Å². The first-order chi connectivity index (χ1) is 19.3. The van der Waals surface area contributed by atoms with Crippen molar-refractivity contribution in [1.82, 2.24) is 0 Å². The summed E-state index contributed by atoms with van der Waals surface area (Å²) in [6.45, 7) is 2.76.